The lowest BCUT2D eigenvalue weighted by Crippen LogP contribution is -2.04. The molecule has 0 aliphatic carbocycles. The zero-order valence-electron chi connectivity index (χ0n) is 20.4. The van der Waals surface area contributed by atoms with Crippen molar-refractivity contribution in [2.24, 2.45) is 0 Å². The lowest BCUT2D eigenvalue weighted by atomic mass is 10.1. The molecule has 0 aromatic heterocycles. The maximum Gasteiger partial charge on any atom is 0.204 e. The first kappa shape index (κ1) is 25.5. The molecule has 35 heavy (non-hydrogen) atoms. The molecule has 0 fully saturated rings. The molecule has 7 nitrogen and oxygen atoms in total. The number of carbonyl (C=O) groups is 1. The zero-order valence-corrected chi connectivity index (χ0v) is 20.4. The van der Waals surface area contributed by atoms with Gasteiger partial charge in [-0.15, -0.1) is 0 Å². The molecule has 0 aliphatic rings. The number of ether oxygens (including phenoxy) is 5. The van der Waals surface area contributed by atoms with E-state index in [2.05, 4.69) is 0 Å². The predicted molar refractivity (Wildman–Crippen MR) is 134 cm³/mol. The number of rotatable bonds is 12. The van der Waals surface area contributed by atoms with Gasteiger partial charge in [0.25, 0.3) is 0 Å². The number of carbonyl (C=O) groups excluding carboxylic acids is 1. The first-order valence-electron chi connectivity index (χ1n) is 11.2. The highest BCUT2D eigenvalue weighted by atomic mass is 16.5. The van der Waals surface area contributed by atoms with Crippen molar-refractivity contribution in [1.82, 2.24) is 0 Å². The minimum atomic E-state index is -0.284. The van der Waals surface area contributed by atoms with Crippen molar-refractivity contribution in [2.75, 3.05) is 27.9 Å². The van der Waals surface area contributed by atoms with Crippen LogP contribution in [0.25, 0.3) is 6.08 Å². The number of hydrogen-bond acceptors (Lipinski definition) is 7. The van der Waals surface area contributed by atoms with Crippen molar-refractivity contribution in [3.05, 3.63) is 77.4 Å². The molecular weight excluding hydrogens is 448 g/mol. The molecule has 0 saturated heterocycles. The van der Waals surface area contributed by atoms with E-state index < -0.39 is 0 Å². The number of hydrogen-bond donors (Lipinski definition) is 1. The molecule has 7 heteroatoms. The first-order chi connectivity index (χ1) is 17.0. The van der Waals surface area contributed by atoms with Gasteiger partial charge in [0.1, 0.15) is 12.4 Å². The Morgan fingerprint density at radius 3 is 2.26 bits per heavy atom. The fourth-order valence-corrected chi connectivity index (χ4v) is 3.41. The SMILES string of the molecule is CCCOc1c(OCc2ccccc2)cc(O)c(C=CC(=O)c2ccc(OC)c(OC)c2)c1OC. The first-order valence-corrected chi connectivity index (χ1v) is 11.2. The number of ketones is 1. The summed E-state index contributed by atoms with van der Waals surface area (Å²) in [5.41, 5.74) is 1.68. The smallest absolute Gasteiger partial charge is 0.204 e. The Balaban J connectivity index is 1.93. The van der Waals surface area contributed by atoms with Gasteiger partial charge in [-0.2, -0.15) is 0 Å². The zero-order chi connectivity index (χ0) is 25.2. The molecule has 0 spiro atoms. The minimum absolute atomic E-state index is 0.106. The molecule has 3 aromatic carbocycles. The van der Waals surface area contributed by atoms with E-state index in [4.69, 9.17) is 23.7 Å². The van der Waals surface area contributed by atoms with Gasteiger partial charge < -0.3 is 28.8 Å². The second-order valence-electron chi connectivity index (χ2n) is 7.56. The summed E-state index contributed by atoms with van der Waals surface area (Å²) in [7, 11) is 4.51. The van der Waals surface area contributed by atoms with Gasteiger partial charge in [-0.25, -0.2) is 0 Å². The Morgan fingerprint density at radius 1 is 0.857 bits per heavy atom. The van der Waals surface area contributed by atoms with Crippen molar-refractivity contribution in [3.63, 3.8) is 0 Å². The van der Waals surface area contributed by atoms with Crippen molar-refractivity contribution in [1.29, 1.82) is 0 Å². The van der Waals surface area contributed by atoms with Crippen LogP contribution in [-0.2, 0) is 6.61 Å². The third kappa shape index (κ3) is 6.26. The number of aromatic hydroxyl groups is 1. The number of benzene rings is 3. The Kier molecular flexibility index (Phi) is 9.01. The average molecular weight is 479 g/mol. The van der Waals surface area contributed by atoms with E-state index in [0.717, 1.165) is 12.0 Å². The molecule has 3 aromatic rings. The molecule has 0 atom stereocenters. The Hall–Kier alpha value is -4.13. The fourth-order valence-electron chi connectivity index (χ4n) is 3.41. The van der Waals surface area contributed by atoms with E-state index in [-0.39, 0.29) is 17.3 Å². The molecule has 184 valence electrons. The highest BCUT2D eigenvalue weighted by Crippen LogP contribution is 2.46. The summed E-state index contributed by atoms with van der Waals surface area (Å²) in [6.07, 6.45) is 3.62. The molecule has 0 radical (unpaired) electrons. The van der Waals surface area contributed by atoms with E-state index in [9.17, 15) is 9.90 Å². The second kappa shape index (κ2) is 12.4. The van der Waals surface area contributed by atoms with Crippen LogP contribution < -0.4 is 23.7 Å². The molecule has 3 rings (SSSR count). The summed E-state index contributed by atoms with van der Waals surface area (Å²) in [6, 6.07) is 16.0. The lowest BCUT2D eigenvalue weighted by molar-refractivity contribution is 0.104. The van der Waals surface area contributed by atoms with Gasteiger partial charge in [0.05, 0.1) is 33.5 Å². The van der Waals surface area contributed by atoms with Crippen LogP contribution in [0.1, 0.15) is 34.8 Å². The summed E-state index contributed by atoms with van der Waals surface area (Å²) < 4.78 is 28.0. The van der Waals surface area contributed by atoms with Crippen LogP contribution in [0.3, 0.4) is 0 Å². The molecule has 0 aliphatic heterocycles. The quantitative estimate of drug-likeness (QED) is 0.265. The van der Waals surface area contributed by atoms with Crippen LogP contribution in [0, 0.1) is 0 Å². The topological polar surface area (TPSA) is 83.5 Å². The lowest BCUT2D eigenvalue weighted by Gasteiger charge is -2.18. The second-order valence-corrected chi connectivity index (χ2v) is 7.56. The molecule has 0 saturated carbocycles. The van der Waals surface area contributed by atoms with Gasteiger partial charge in [0.15, 0.2) is 28.8 Å². The van der Waals surface area contributed by atoms with E-state index in [0.29, 0.717) is 47.3 Å². The summed E-state index contributed by atoms with van der Waals surface area (Å²) in [5, 5.41) is 10.8. The van der Waals surface area contributed by atoms with E-state index >= 15 is 0 Å². The standard InChI is InChI=1S/C28H30O7/c1-5-15-34-28-26(35-18-19-9-7-6-8-10-19)17-23(30)21(27(28)33-4)12-13-22(29)20-11-14-24(31-2)25(16-20)32-3/h6-14,16-17,30H,5,15,18H2,1-4H3. The monoisotopic (exact) mass is 478 g/mol. The van der Waals surface area contributed by atoms with Gasteiger partial charge in [0.2, 0.25) is 5.75 Å². The summed E-state index contributed by atoms with van der Waals surface area (Å²) in [4.78, 5) is 12.8. The van der Waals surface area contributed by atoms with E-state index in [1.54, 1.807) is 18.2 Å². The van der Waals surface area contributed by atoms with Gasteiger partial charge in [-0.3, -0.25) is 4.79 Å². The number of allylic oxidation sites excluding steroid dienone is 1. The maximum atomic E-state index is 12.8. The summed E-state index contributed by atoms with van der Waals surface area (Å²) in [6.45, 7) is 2.70. The third-order valence-electron chi connectivity index (χ3n) is 5.18. The van der Waals surface area contributed by atoms with Crippen LogP contribution in [-0.4, -0.2) is 38.8 Å². The molecule has 0 heterocycles. The van der Waals surface area contributed by atoms with Gasteiger partial charge in [0, 0.05) is 11.6 Å². The average Bonchev–Trinajstić information content (AvgIpc) is 2.90. The summed E-state index contributed by atoms with van der Waals surface area (Å²) >= 11 is 0. The number of phenols is 1. The van der Waals surface area contributed by atoms with Gasteiger partial charge in [-0.1, -0.05) is 37.3 Å². The van der Waals surface area contributed by atoms with Crippen molar-refractivity contribution >= 4 is 11.9 Å². The highest BCUT2D eigenvalue weighted by molar-refractivity contribution is 6.07. The van der Waals surface area contributed by atoms with Crippen molar-refractivity contribution in [2.45, 2.75) is 20.0 Å². The Labute approximate surface area is 205 Å². The predicted octanol–water partition coefficient (Wildman–Crippen LogP) is 5.68. The molecule has 0 unspecified atom stereocenters. The third-order valence-corrected chi connectivity index (χ3v) is 5.18. The van der Waals surface area contributed by atoms with Gasteiger partial charge in [-0.05, 0) is 42.3 Å². The van der Waals surface area contributed by atoms with Crippen molar-refractivity contribution in [3.8, 4) is 34.5 Å². The molecule has 0 bridgehead atoms. The largest absolute Gasteiger partial charge is 0.507 e. The van der Waals surface area contributed by atoms with Crippen LogP contribution in [0.2, 0.25) is 0 Å². The normalized spacial score (nSPS) is 10.7. The highest BCUT2D eigenvalue weighted by Gasteiger charge is 2.21. The van der Waals surface area contributed by atoms with E-state index in [1.165, 1.54) is 39.5 Å². The Bertz CT molecular complexity index is 1170. The molecule has 0 amide bonds. The van der Waals surface area contributed by atoms with Crippen LogP contribution in [0.5, 0.6) is 34.5 Å². The van der Waals surface area contributed by atoms with Crippen LogP contribution >= 0.6 is 0 Å². The van der Waals surface area contributed by atoms with Crippen LogP contribution in [0.4, 0.5) is 0 Å². The number of phenolic OH excluding ortho intramolecular Hbond substituents is 1. The molecular formula is C28H30O7. The van der Waals surface area contributed by atoms with Crippen LogP contribution in [0.15, 0.2) is 60.7 Å². The number of methoxy groups -OCH3 is 3. The minimum Gasteiger partial charge on any atom is -0.507 e. The molecule has 1 N–H and O–H groups in total. The Morgan fingerprint density at radius 2 is 1.60 bits per heavy atom. The summed E-state index contributed by atoms with van der Waals surface area (Å²) in [5.74, 6) is 1.57. The maximum absolute atomic E-state index is 12.8. The fraction of sp³-hybridized carbons (Fsp3) is 0.250. The van der Waals surface area contributed by atoms with Gasteiger partial charge >= 0.3 is 0 Å². The van der Waals surface area contributed by atoms with Crippen molar-refractivity contribution < 1.29 is 33.6 Å². The van der Waals surface area contributed by atoms with E-state index in [1.807, 2.05) is 37.3 Å².